The predicted molar refractivity (Wildman–Crippen MR) is 62.0 cm³/mol. The van der Waals surface area contributed by atoms with Crippen molar-refractivity contribution in [1.29, 1.82) is 0 Å². The first-order valence-electron chi connectivity index (χ1n) is 5.79. The van der Waals surface area contributed by atoms with Gasteiger partial charge in [0.25, 0.3) is 0 Å². The Hall–Kier alpha value is -0.820. The van der Waals surface area contributed by atoms with Crippen molar-refractivity contribution < 1.29 is 22.7 Å². The van der Waals surface area contributed by atoms with E-state index in [-0.39, 0.29) is 25.7 Å². The summed E-state index contributed by atoms with van der Waals surface area (Å²) in [6.45, 7) is 5.15. The number of halogens is 3. The molecule has 0 aromatic heterocycles. The predicted octanol–water partition coefficient (Wildman–Crippen LogP) is 1.59. The SMILES string of the molecule is CC(C)NC(C)(COCCCC(F)(F)F)C(N)=O. The molecular formula is C11H21F3N2O2. The second kappa shape index (κ2) is 6.94. The lowest BCUT2D eigenvalue weighted by molar-refractivity contribution is -0.139. The van der Waals surface area contributed by atoms with E-state index in [1.165, 1.54) is 0 Å². The average molecular weight is 270 g/mol. The first-order chi connectivity index (χ1) is 8.07. The number of alkyl halides is 3. The van der Waals surface area contributed by atoms with Crippen LogP contribution >= 0.6 is 0 Å². The zero-order chi connectivity index (χ0) is 14.4. The minimum Gasteiger partial charge on any atom is -0.379 e. The lowest BCUT2D eigenvalue weighted by atomic mass is 10.0. The van der Waals surface area contributed by atoms with Crippen LogP contribution in [0.2, 0.25) is 0 Å². The zero-order valence-electron chi connectivity index (χ0n) is 10.9. The summed E-state index contributed by atoms with van der Waals surface area (Å²) in [6, 6.07) is 0.0151. The third-order valence-corrected chi connectivity index (χ3v) is 2.29. The Bertz CT molecular complexity index is 270. The number of carbonyl (C=O) groups is 1. The van der Waals surface area contributed by atoms with Crippen LogP contribution in [-0.2, 0) is 9.53 Å². The monoisotopic (exact) mass is 270 g/mol. The molecule has 0 aromatic carbocycles. The topological polar surface area (TPSA) is 64.3 Å². The lowest BCUT2D eigenvalue weighted by Crippen LogP contribution is -2.58. The molecule has 0 aliphatic carbocycles. The molecule has 0 aromatic rings. The average Bonchev–Trinajstić information content (AvgIpc) is 2.13. The fraction of sp³-hybridized carbons (Fsp3) is 0.909. The first-order valence-corrected chi connectivity index (χ1v) is 5.79. The van der Waals surface area contributed by atoms with E-state index < -0.39 is 24.0 Å². The molecule has 18 heavy (non-hydrogen) atoms. The van der Waals surface area contributed by atoms with Crippen LogP contribution < -0.4 is 11.1 Å². The molecule has 0 rings (SSSR count). The summed E-state index contributed by atoms with van der Waals surface area (Å²) < 4.78 is 40.7. The quantitative estimate of drug-likeness (QED) is 0.658. The maximum absolute atomic E-state index is 11.9. The van der Waals surface area contributed by atoms with Crippen LogP contribution in [0, 0.1) is 0 Å². The van der Waals surface area contributed by atoms with Crippen molar-refractivity contribution in [1.82, 2.24) is 5.32 Å². The molecule has 108 valence electrons. The molecule has 0 aliphatic heterocycles. The summed E-state index contributed by atoms with van der Waals surface area (Å²) in [5.74, 6) is -0.591. The van der Waals surface area contributed by atoms with Gasteiger partial charge in [-0.2, -0.15) is 13.2 Å². The van der Waals surface area contributed by atoms with Gasteiger partial charge < -0.3 is 10.5 Å². The van der Waals surface area contributed by atoms with Crippen molar-refractivity contribution in [2.45, 2.75) is 51.4 Å². The minimum atomic E-state index is -4.17. The summed E-state index contributed by atoms with van der Waals surface area (Å²) in [7, 11) is 0. The Morgan fingerprint density at radius 1 is 1.39 bits per heavy atom. The Balaban J connectivity index is 4.03. The van der Waals surface area contributed by atoms with E-state index in [1.54, 1.807) is 6.92 Å². The Labute approximate surface area is 105 Å². The van der Waals surface area contributed by atoms with Crippen LogP contribution in [0.4, 0.5) is 13.2 Å². The van der Waals surface area contributed by atoms with Gasteiger partial charge >= 0.3 is 6.18 Å². The zero-order valence-corrected chi connectivity index (χ0v) is 10.9. The van der Waals surface area contributed by atoms with Gasteiger partial charge in [-0.25, -0.2) is 0 Å². The molecule has 7 heteroatoms. The van der Waals surface area contributed by atoms with E-state index in [2.05, 4.69) is 5.32 Å². The number of ether oxygens (including phenoxy) is 1. The van der Waals surface area contributed by atoms with Crippen LogP contribution in [0.25, 0.3) is 0 Å². The summed E-state index contributed by atoms with van der Waals surface area (Å²) in [4.78, 5) is 11.3. The van der Waals surface area contributed by atoms with Crippen LogP contribution in [0.5, 0.6) is 0 Å². The van der Waals surface area contributed by atoms with Crippen LogP contribution in [0.3, 0.4) is 0 Å². The third kappa shape index (κ3) is 7.50. The molecule has 0 saturated carbocycles. The number of nitrogens with one attached hydrogen (secondary N) is 1. The molecule has 0 bridgehead atoms. The minimum absolute atomic E-state index is 0.0151. The molecule has 3 N–H and O–H groups in total. The van der Waals surface area contributed by atoms with Gasteiger partial charge in [-0.3, -0.25) is 10.1 Å². The second-order valence-corrected chi connectivity index (χ2v) is 4.77. The fourth-order valence-corrected chi connectivity index (χ4v) is 1.47. The molecule has 1 unspecified atom stereocenters. The van der Waals surface area contributed by atoms with E-state index in [4.69, 9.17) is 10.5 Å². The van der Waals surface area contributed by atoms with Gasteiger partial charge in [0.1, 0.15) is 5.54 Å². The molecule has 1 atom stereocenters. The number of rotatable bonds is 8. The van der Waals surface area contributed by atoms with Gasteiger partial charge in [-0.05, 0) is 27.2 Å². The fourth-order valence-electron chi connectivity index (χ4n) is 1.47. The van der Waals surface area contributed by atoms with Crippen molar-refractivity contribution in [3.8, 4) is 0 Å². The number of primary amides is 1. The van der Waals surface area contributed by atoms with Crippen molar-refractivity contribution in [3.63, 3.8) is 0 Å². The van der Waals surface area contributed by atoms with Crippen LogP contribution in [0.15, 0.2) is 0 Å². The normalized spacial score (nSPS) is 15.7. The highest BCUT2D eigenvalue weighted by molar-refractivity contribution is 5.84. The number of amides is 1. The molecule has 0 heterocycles. The van der Waals surface area contributed by atoms with Gasteiger partial charge in [-0.1, -0.05) is 0 Å². The van der Waals surface area contributed by atoms with Crippen molar-refractivity contribution in [2.24, 2.45) is 5.73 Å². The highest BCUT2D eigenvalue weighted by Crippen LogP contribution is 2.21. The molecule has 0 saturated heterocycles. The number of hydrogen-bond acceptors (Lipinski definition) is 3. The van der Waals surface area contributed by atoms with E-state index in [0.29, 0.717) is 0 Å². The van der Waals surface area contributed by atoms with Crippen molar-refractivity contribution in [2.75, 3.05) is 13.2 Å². The summed E-state index contributed by atoms with van der Waals surface area (Å²) in [6.07, 6.45) is -5.19. The van der Waals surface area contributed by atoms with Gasteiger partial charge in [0, 0.05) is 19.1 Å². The largest absolute Gasteiger partial charge is 0.389 e. The van der Waals surface area contributed by atoms with Gasteiger partial charge in [0.05, 0.1) is 6.61 Å². The molecule has 0 spiro atoms. The molecule has 0 radical (unpaired) electrons. The van der Waals surface area contributed by atoms with Gasteiger partial charge in [-0.15, -0.1) is 0 Å². The van der Waals surface area contributed by atoms with Gasteiger partial charge in [0.2, 0.25) is 5.91 Å². The van der Waals surface area contributed by atoms with Crippen LogP contribution in [-0.4, -0.2) is 36.9 Å². The molecular weight excluding hydrogens is 249 g/mol. The number of nitrogens with two attached hydrogens (primary N) is 1. The Kier molecular flexibility index (Phi) is 6.62. The highest BCUT2D eigenvalue weighted by atomic mass is 19.4. The smallest absolute Gasteiger partial charge is 0.379 e. The summed E-state index contributed by atoms with van der Waals surface area (Å²) in [5.41, 5.74) is 4.18. The van der Waals surface area contributed by atoms with E-state index >= 15 is 0 Å². The van der Waals surface area contributed by atoms with Gasteiger partial charge in [0.15, 0.2) is 0 Å². The number of carbonyl (C=O) groups excluding carboxylic acids is 1. The summed E-state index contributed by atoms with van der Waals surface area (Å²) >= 11 is 0. The summed E-state index contributed by atoms with van der Waals surface area (Å²) in [5, 5.41) is 2.94. The second-order valence-electron chi connectivity index (χ2n) is 4.77. The Morgan fingerprint density at radius 3 is 2.33 bits per heavy atom. The van der Waals surface area contributed by atoms with Crippen LogP contribution in [0.1, 0.15) is 33.6 Å². The standard InChI is InChI=1S/C11H21F3N2O2/c1-8(2)16-10(3,9(15)17)7-18-6-4-5-11(12,13)14/h8,16H,4-7H2,1-3H3,(H2,15,17). The number of hydrogen-bond donors (Lipinski definition) is 2. The van der Waals surface area contributed by atoms with E-state index in [0.717, 1.165) is 0 Å². The lowest BCUT2D eigenvalue weighted by Gasteiger charge is -2.29. The molecule has 0 fully saturated rings. The highest BCUT2D eigenvalue weighted by Gasteiger charge is 2.32. The van der Waals surface area contributed by atoms with E-state index in [1.807, 2.05) is 13.8 Å². The molecule has 0 aliphatic rings. The Morgan fingerprint density at radius 2 is 1.94 bits per heavy atom. The third-order valence-electron chi connectivity index (χ3n) is 2.29. The van der Waals surface area contributed by atoms with E-state index in [9.17, 15) is 18.0 Å². The maximum atomic E-state index is 11.9. The first kappa shape index (κ1) is 17.2. The maximum Gasteiger partial charge on any atom is 0.389 e. The van der Waals surface area contributed by atoms with Crippen molar-refractivity contribution >= 4 is 5.91 Å². The molecule has 1 amide bonds. The molecule has 4 nitrogen and oxygen atoms in total. The van der Waals surface area contributed by atoms with Crippen molar-refractivity contribution in [3.05, 3.63) is 0 Å².